The first-order valence-corrected chi connectivity index (χ1v) is 5.15. The van der Waals surface area contributed by atoms with Crippen LogP contribution in [0.1, 0.15) is 16.8 Å². The number of nitrogens with two attached hydrogens (primary N) is 1. The fourth-order valence-corrected chi connectivity index (χ4v) is 1.79. The summed E-state index contributed by atoms with van der Waals surface area (Å²) in [5.74, 6) is -0.605. The average Bonchev–Trinajstić information content (AvgIpc) is 2.25. The number of aryl methyl sites for hydroxylation is 1. The van der Waals surface area contributed by atoms with Gasteiger partial charge in [0.1, 0.15) is 11.5 Å². The number of nitrogen functional groups attached to an aromatic ring is 1. The predicted molar refractivity (Wildman–Crippen MR) is 60.6 cm³/mol. The third kappa shape index (κ3) is 1.87. The molecule has 2 aromatic rings. The van der Waals surface area contributed by atoms with Gasteiger partial charge in [0.2, 0.25) is 0 Å². The van der Waals surface area contributed by atoms with E-state index in [4.69, 9.17) is 5.73 Å². The minimum atomic E-state index is -4.60. The summed E-state index contributed by atoms with van der Waals surface area (Å²) in [6, 6.07) is 2.37. The van der Waals surface area contributed by atoms with E-state index in [0.29, 0.717) is 10.9 Å². The number of hydrogen-bond donors (Lipinski definition) is 1. The first-order chi connectivity index (χ1) is 8.21. The lowest BCUT2D eigenvalue weighted by Gasteiger charge is -2.14. The summed E-state index contributed by atoms with van der Waals surface area (Å²) in [7, 11) is 0. The molecule has 0 aliphatic heterocycles. The van der Waals surface area contributed by atoms with Crippen LogP contribution in [0.3, 0.4) is 0 Å². The molecule has 0 amide bonds. The van der Waals surface area contributed by atoms with E-state index in [2.05, 4.69) is 4.98 Å². The Kier molecular flexibility index (Phi) is 2.68. The van der Waals surface area contributed by atoms with Crippen LogP contribution in [0.25, 0.3) is 10.9 Å². The van der Waals surface area contributed by atoms with Gasteiger partial charge in [0.05, 0.1) is 5.52 Å². The molecule has 18 heavy (non-hydrogen) atoms. The highest BCUT2D eigenvalue weighted by atomic mass is 19.4. The Labute approximate surface area is 100 Å². The number of halogens is 4. The van der Waals surface area contributed by atoms with Crippen molar-refractivity contribution in [3.8, 4) is 0 Å². The molecule has 0 radical (unpaired) electrons. The molecule has 0 aliphatic rings. The number of rotatable bonds is 0. The standard InChI is InChI=1S/C12H10F4N2/c1-5-3-7-9(4-8(5)13)18-11(12(14,15)16)6(2)10(7)17/h3-4H,1-2H3,(H2,17,18). The van der Waals surface area contributed by atoms with Gasteiger partial charge in [-0.2, -0.15) is 13.2 Å². The van der Waals surface area contributed by atoms with Gasteiger partial charge in [0.25, 0.3) is 0 Å². The van der Waals surface area contributed by atoms with E-state index >= 15 is 0 Å². The smallest absolute Gasteiger partial charge is 0.398 e. The van der Waals surface area contributed by atoms with Crippen molar-refractivity contribution in [2.45, 2.75) is 20.0 Å². The van der Waals surface area contributed by atoms with Crippen molar-refractivity contribution in [3.05, 3.63) is 34.8 Å². The van der Waals surface area contributed by atoms with Crippen molar-refractivity contribution >= 4 is 16.6 Å². The lowest BCUT2D eigenvalue weighted by Crippen LogP contribution is -2.12. The van der Waals surface area contributed by atoms with Crippen molar-refractivity contribution < 1.29 is 17.6 Å². The van der Waals surface area contributed by atoms with E-state index in [-0.39, 0.29) is 16.8 Å². The number of nitrogens with zero attached hydrogens (tertiary/aromatic N) is 1. The summed E-state index contributed by atoms with van der Waals surface area (Å²) in [6.07, 6.45) is -4.60. The minimum absolute atomic E-state index is 0.0181. The molecule has 2 nitrogen and oxygen atoms in total. The van der Waals surface area contributed by atoms with Crippen LogP contribution in [-0.2, 0) is 6.18 Å². The molecular formula is C12H10F4N2. The second kappa shape index (κ2) is 3.83. The van der Waals surface area contributed by atoms with Crippen LogP contribution in [0.4, 0.5) is 23.2 Å². The SMILES string of the molecule is Cc1cc2c(N)c(C)c(C(F)(F)F)nc2cc1F. The number of pyridine rings is 1. The van der Waals surface area contributed by atoms with Gasteiger partial charge in [-0.05, 0) is 25.5 Å². The predicted octanol–water partition coefficient (Wildman–Crippen LogP) is 3.59. The Hall–Kier alpha value is -1.85. The van der Waals surface area contributed by atoms with Crippen molar-refractivity contribution in [3.63, 3.8) is 0 Å². The number of fused-ring (bicyclic) bond motifs is 1. The summed E-state index contributed by atoms with van der Waals surface area (Å²) in [5, 5.41) is 0.333. The number of benzene rings is 1. The molecule has 0 atom stereocenters. The molecule has 0 saturated heterocycles. The Morgan fingerprint density at radius 3 is 2.33 bits per heavy atom. The molecule has 6 heteroatoms. The molecule has 96 valence electrons. The van der Waals surface area contributed by atoms with Crippen LogP contribution in [0, 0.1) is 19.7 Å². The fraction of sp³-hybridized carbons (Fsp3) is 0.250. The van der Waals surface area contributed by atoms with E-state index in [9.17, 15) is 17.6 Å². The first kappa shape index (κ1) is 12.6. The second-order valence-corrected chi connectivity index (χ2v) is 4.12. The van der Waals surface area contributed by atoms with Crippen LogP contribution < -0.4 is 5.73 Å². The Morgan fingerprint density at radius 2 is 1.78 bits per heavy atom. The van der Waals surface area contributed by atoms with Crippen molar-refractivity contribution in [1.29, 1.82) is 0 Å². The Morgan fingerprint density at radius 1 is 1.17 bits per heavy atom. The summed E-state index contributed by atoms with van der Waals surface area (Å²) < 4.78 is 51.5. The van der Waals surface area contributed by atoms with Crippen LogP contribution in [0.15, 0.2) is 12.1 Å². The second-order valence-electron chi connectivity index (χ2n) is 4.12. The highest BCUT2D eigenvalue weighted by molar-refractivity contribution is 5.92. The van der Waals surface area contributed by atoms with E-state index < -0.39 is 17.7 Å². The number of alkyl halides is 3. The van der Waals surface area contributed by atoms with Crippen molar-refractivity contribution in [2.75, 3.05) is 5.73 Å². The van der Waals surface area contributed by atoms with Gasteiger partial charge in [-0.25, -0.2) is 9.37 Å². The molecule has 1 aromatic carbocycles. The van der Waals surface area contributed by atoms with E-state index in [1.165, 1.54) is 19.9 Å². The van der Waals surface area contributed by atoms with Crippen molar-refractivity contribution in [1.82, 2.24) is 4.98 Å². The van der Waals surface area contributed by atoms with Crippen LogP contribution in [0.2, 0.25) is 0 Å². The highest BCUT2D eigenvalue weighted by Crippen LogP contribution is 2.36. The van der Waals surface area contributed by atoms with E-state index in [0.717, 1.165) is 6.07 Å². The topological polar surface area (TPSA) is 38.9 Å². The zero-order chi connectivity index (χ0) is 13.7. The molecule has 0 unspecified atom stereocenters. The Balaban J connectivity index is 2.88. The normalized spacial score (nSPS) is 12.1. The molecular weight excluding hydrogens is 248 g/mol. The summed E-state index contributed by atoms with van der Waals surface area (Å²) in [6.45, 7) is 2.77. The minimum Gasteiger partial charge on any atom is -0.398 e. The van der Waals surface area contributed by atoms with Crippen LogP contribution in [-0.4, -0.2) is 4.98 Å². The maximum absolute atomic E-state index is 13.3. The highest BCUT2D eigenvalue weighted by Gasteiger charge is 2.35. The van der Waals surface area contributed by atoms with Gasteiger partial charge in [-0.15, -0.1) is 0 Å². The van der Waals surface area contributed by atoms with Gasteiger partial charge in [-0.1, -0.05) is 0 Å². The lowest BCUT2D eigenvalue weighted by atomic mass is 10.0. The number of anilines is 1. The molecule has 0 saturated carbocycles. The van der Waals surface area contributed by atoms with Crippen LogP contribution >= 0.6 is 0 Å². The van der Waals surface area contributed by atoms with Crippen LogP contribution in [0.5, 0.6) is 0 Å². The Bertz CT molecular complexity index is 632. The maximum atomic E-state index is 13.3. The van der Waals surface area contributed by atoms with Gasteiger partial charge in [0, 0.05) is 22.7 Å². The third-order valence-corrected chi connectivity index (χ3v) is 2.83. The molecule has 2 rings (SSSR count). The molecule has 1 heterocycles. The largest absolute Gasteiger partial charge is 0.433 e. The van der Waals surface area contributed by atoms with Gasteiger partial charge < -0.3 is 5.73 Å². The molecule has 2 N–H and O–H groups in total. The monoisotopic (exact) mass is 258 g/mol. The maximum Gasteiger partial charge on any atom is 0.433 e. The molecule has 0 aliphatic carbocycles. The fourth-order valence-electron chi connectivity index (χ4n) is 1.79. The zero-order valence-corrected chi connectivity index (χ0v) is 9.69. The molecule has 0 bridgehead atoms. The van der Waals surface area contributed by atoms with E-state index in [1.807, 2.05) is 0 Å². The summed E-state index contributed by atoms with van der Waals surface area (Å²) in [4.78, 5) is 3.46. The van der Waals surface area contributed by atoms with E-state index in [1.54, 1.807) is 0 Å². The molecule has 1 aromatic heterocycles. The quantitative estimate of drug-likeness (QED) is 0.733. The number of hydrogen-bond acceptors (Lipinski definition) is 2. The lowest BCUT2D eigenvalue weighted by molar-refractivity contribution is -0.141. The summed E-state index contributed by atoms with van der Waals surface area (Å²) >= 11 is 0. The third-order valence-electron chi connectivity index (χ3n) is 2.83. The van der Waals surface area contributed by atoms with Gasteiger partial charge in [0.15, 0.2) is 0 Å². The zero-order valence-electron chi connectivity index (χ0n) is 9.69. The first-order valence-electron chi connectivity index (χ1n) is 5.15. The van der Waals surface area contributed by atoms with Gasteiger partial charge >= 0.3 is 6.18 Å². The molecule has 0 spiro atoms. The van der Waals surface area contributed by atoms with Crippen molar-refractivity contribution in [2.24, 2.45) is 0 Å². The summed E-state index contributed by atoms with van der Waals surface area (Å²) in [5.41, 5.74) is 4.67. The average molecular weight is 258 g/mol. The van der Waals surface area contributed by atoms with Gasteiger partial charge in [-0.3, -0.25) is 0 Å². The number of aromatic nitrogens is 1. The molecule has 0 fully saturated rings.